The zero-order valence-corrected chi connectivity index (χ0v) is 10.2. The van der Waals surface area contributed by atoms with Crippen LogP contribution >= 0.6 is 0 Å². The fourth-order valence-corrected chi connectivity index (χ4v) is 1.97. The van der Waals surface area contributed by atoms with Crippen LogP contribution in [0.25, 0.3) is 0 Å². The molecule has 1 saturated heterocycles. The maximum absolute atomic E-state index is 4.78. The molecule has 3 nitrogen and oxygen atoms in total. The number of rotatable bonds is 2. The molecule has 1 atom stereocenters. The van der Waals surface area contributed by atoms with Gasteiger partial charge in [-0.05, 0) is 12.5 Å². The molecule has 1 aliphatic rings. The molecule has 3 heteroatoms. The van der Waals surface area contributed by atoms with Gasteiger partial charge < -0.3 is 9.80 Å². The lowest BCUT2D eigenvalue weighted by Crippen LogP contribution is -2.28. The van der Waals surface area contributed by atoms with Gasteiger partial charge in [0.15, 0.2) is 5.96 Å². The molecule has 1 fully saturated rings. The molecular formula is C13H19N3. The molecule has 0 unspecified atom stereocenters. The van der Waals surface area contributed by atoms with Gasteiger partial charge in [0.2, 0.25) is 0 Å². The summed E-state index contributed by atoms with van der Waals surface area (Å²) in [6.07, 6.45) is 0. The van der Waals surface area contributed by atoms with Gasteiger partial charge in [-0.3, -0.25) is 0 Å². The summed E-state index contributed by atoms with van der Waals surface area (Å²) < 4.78 is 0. The minimum atomic E-state index is 0.221. The van der Waals surface area contributed by atoms with Crippen molar-refractivity contribution in [1.29, 1.82) is 0 Å². The van der Waals surface area contributed by atoms with E-state index in [0.717, 1.165) is 19.0 Å². The van der Waals surface area contributed by atoms with E-state index in [9.17, 15) is 0 Å². The fourth-order valence-electron chi connectivity index (χ4n) is 1.97. The first-order chi connectivity index (χ1) is 7.68. The third-order valence-electron chi connectivity index (χ3n) is 3.04. The second-order valence-corrected chi connectivity index (χ2v) is 4.36. The fraction of sp³-hybridized carbons (Fsp3) is 0.462. The first-order valence-electron chi connectivity index (χ1n) is 5.73. The molecule has 0 aromatic heterocycles. The molecule has 1 aromatic rings. The van der Waals surface area contributed by atoms with Crippen molar-refractivity contribution in [1.82, 2.24) is 9.80 Å². The molecule has 0 saturated carbocycles. The highest BCUT2D eigenvalue weighted by atomic mass is 15.4. The molecule has 1 aromatic carbocycles. The molecule has 0 N–H and O–H groups in total. The van der Waals surface area contributed by atoms with Crippen molar-refractivity contribution in [2.45, 2.75) is 13.0 Å². The highest BCUT2D eigenvalue weighted by Crippen LogP contribution is 2.18. The van der Waals surface area contributed by atoms with Crippen molar-refractivity contribution in [2.75, 3.05) is 27.2 Å². The van der Waals surface area contributed by atoms with Crippen LogP contribution in [-0.4, -0.2) is 42.9 Å². The van der Waals surface area contributed by atoms with Gasteiger partial charge in [-0.15, -0.1) is 0 Å². The first kappa shape index (κ1) is 11.0. The predicted molar refractivity (Wildman–Crippen MR) is 67.6 cm³/mol. The molecule has 16 heavy (non-hydrogen) atoms. The second kappa shape index (κ2) is 4.56. The van der Waals surface area contributed by atoms with Gasteiger partial charge in [0.25, 0.3) is 0 Å². The predicted octanol–water partition coefficient (Wildman–Crippen LogP) is 1.98. The van der Waals surface area contributed by atoms with E-state index in [1.165, 1.54) is 5.56 Å². The summed E-state index contributed by atoms with van der Waals surface area (Å²) in [5, 5.41) is 0. The summed E-state index contributed by atoms with van der Waals surface area (Å²) in [4.78, 5) is 9.19. The lowest BCUT2D eigenvalue weighted by Gasteiger charge is -2.18. The summed E-state index contributed by atoms with van der Waals surface area (Å²) in [7, 11) is 4.19. The Bertz CT molecular complexity index is 360. The molecule has 0 radical (unpaired) electrons. The first-order valence-corrected chi connectivity index (χ1v) is 5.73. The van der Waals surface area contributed by atoms with E-state index in [1.54, 1.807) is 0 Å². The van der Waals surface area contributed by atoms with E-state index in [4.69, 9.17) is 4.99 Å². The second-order valence-electron chi connectivity index (χ2n) is 4.36. The van der Waals surface area contributed by atoms with Gasteiger partial charge in [0, 0.05) is 27.2 Å². The highest BCUT2D eigenvalue weighted by Gasteiger charge is 2.20. The Morgan fingerprint density at radius 3 is 2.19 bits per heavy atom. The van der Waals surface area contributed by atoms with Crippen LogP contribution in [0.2, 0.25) is 0 Å². The van der Waals surface area contributed by atoms with Gasteiger partial charge in [0.05, 0.1) is 6.04 Å². The van der Waals surface area contributed by atoms with Crippen molar-refractivity contribution < 1.29 is 0 Å². The maximum atomic E-state index is 4.78. The van der Waals surface area contributed by atoms with Gasteiger partial charge in [-0.1, -0.05) is 30.3 Å². The molecule has 2 rings (SSSR count). The molecule has 0 amide bonds. The summed E-state index contributed by atoms with van der Waals surface area (Å²) in [6, 6.07) is 10.6. The van der Waals surface area contributed by atoms with Gasteiger partial charge in [-0.25, -0.2) is 4.99 Å². The lowest BCUT2D eigenvalue weighted by atomic mass is 10.1. The molecule has 0 bridgehead atoms. The number of hydrogen-bond acceptors (Lipinski definition) is 1. The molecule has 1 heterocycles. The minimum absolute atomic E-state index is 0.221. The molecular weight excluding hydrogens is 198 g/mol. The number of benzene rings is 1. The van der Waals surface area contributed by atoms with Gasteiger partial charge in [-0.2, -0.15) is 0 Å². The van der Waals surface area contributed by atoms with Crippen LogP contribution in [0.4, 0.5) is 0 Å². The Balaban J connectivity index is 2.17. The average molecular weight is 217 g/mol. The Hall–Kier alpha value is -1.51. The Kier molecular flexibility index (Phi) is 3.13. The van der Waals surface area contributed by atoms with Gasteiger partial charge in [0.1, 0.15) is 0 Å². The van der Waals surface area contributed by atoms with Crippen LogP contribution < -0.4 is 0 Å². The zero-order chi connectivity index (χ0) is 11.5. The van der Waals surface area contributed by atoms with Crippen molar-refractivity contribution in [3.63, 3.8) is 0 Å². The van der Waals surface area contributed by atoms with E-state index in [0.29, 0.717) is 0 Å². The van der Waals surface area contributed by atoms with E-state index in [2.05, 4.69) is 55.1 Å². The molecule has 0 spiro atoms. The Morgan fingerprint density at radius 1 is 1.06 bits per heavy atom. The van der Waals surface area contributed by atoms with Crippen LogP contribution in [-0.2, 0) is 0 Å². The van der Waals surface area contributed by atoms with Crippen molar-refractivity contribution in [3.8, 4) is 0 Å². The summed E-state index contributed by atoms with van der Waals surface area (Å²) >= 11 is 0. The summed E-state index contributed by atoms with van der Waals surface area (Å²) in [5.41, 5.74) is 1.27. The monoisotopic (exact) mass is 217 g/mol. The van der Waals surface area contributed by atoms with Gasteiger partial charge >= 0.3 is 0 Å². The number of likely N-dealkylation sites (N-methyl/N-ethyl adjacent to an activating group) is 2. The van der Waals surface area contributed by atoms with Crippen LogP contribution in [0.3, 0.4) is 0 Å². The highest BCUT2D eigenvalue weighted by molar-refractivity contribution is 5.81. The van der Waals surface area contributed by atoms with E-state index >= 15 is 0 Å². The van der Waals surface area contributed by atoms with Crippen LogP contribution in [0, 0.1) is 0 Å². The quantitative estimate of drug-likeness (QED) is 0.754. The summed E-state index contributed by atoms with van der Waals surface area (Å²) in [5.74, 6) is 1.09. The number of nitrogens with zero attached hydrogens (tertiary/aromatic N) is 3. The lowest BCUT2D eigenvalue weighted by molar-refractivity contribution is 0.553. The number of aliphatic imine (C=N–C) groups is 1. The third kappa shape index (κ3) is 2.18. The van der Waals surface area contributed by atoms with Crippen LogP contribution in [0.15, 0.2) is 35.3 Å². The SMILES string of the molecule is C[C@@H](N=C1N(C)CCN1C)c1ccccc1. The smallest absolute Gasteiger partial charge is 0.196 e. The summed E-state index contributed by atoms with van der Waals surface area (Å²) in [6.45, 7) is 4.27. The standard InChI is InChI=1S/C13H19N3/c1-11(12-7-5-4-6-8-12)14-13-15(2)9-10-16(13)3/h4-8,11H,9-10H2,1-3H3/t11-/m1/s1. The topological polar surface area (TPSA) is 18.8 Å². The van der Waals surface area contributed by atoms with E-state index < -0.39 is 0 Å². The average Bonchev–Trinajstić information content (AvgIpc) is 2.62. The maximum Gasteiger partial charge on any atom is 0.196 e. The number of guanidine groups is 1. The largest absolute Gasteiger partial charge is 0.344 e. The molecule has 0 aliphatic carbocycles. The van der Waals surface area contributed by atoms with E-state index in [-0.39, 0.29) is 6.04 Å². The zero-order valence-electron chi connectivity index (χ0n) is 10.2. The van der Waals surface area contributed by atoms with Crippen molar-refractivity contribution >= 4 is 5.96 Å². The Labute approximate surface area is 97.4 Å². The molecule has 1 aliphatic heterocycles. The van der Waals surface area contributed by atoms with Crippen LogP contribution in [0.5, 0.6) is 0 Å². The van der Waals surface area contributed by atoms with Crippen molar-refractivity contribution in [2.24, 2.45) is 4.99 Å². The van der Waals surface area contributed by atoms with Crippen molar-refractivity contribution in [3.05, 3.63) is 35.9 Å². The normalized spacial score (nSPS) is 17.8. The third-order valence-corrected chi connectivity index (χ3v) is 3.04. The Morgan fingerprint density at radius 2 is 1.62 bits per heavy atom. The molecule has 86 valence electrons. The number of hydrogen-bond donors (Lipinski definition) is 0. The minimum Gasteiger partial charge on any atom is -0.344 e. The van der Waals surface area contributed by atoms with Crippen LogP contribution in [0.1, 0.15) is 18.5 Å². The van der Waals surface area contributed by atoms with E-state index in [1.807, 2.05) is 6.07 Å².